The topological polar surface area (TPSA) is 52.3 Å². The van der Waals surface area contributed by atoms with Gasteiger partial charge in [0.25, 0.3) is 0 Å². The van der Waals surface area contributed by atoms with Crippen LogP contribution in [-0.2, 0) is 9.53 Å². The van der Waals surface area contributed by atoms with Gasteiger partial charge in [-0.3, -0.25) is 0 Å². The third-order valence-corrected chi connectivity index (χ3v) is 2.80. The Hall–Kier alpha value is -0.720. The van der Waals surface area contributed by atoms with Gasteiger partial charge in [0.15, 0.2) is 0 Å². The predicted octanol–water partition coefficient (Wildman–Crippen LogP) is 2.91. The number of esters is 1. The van der Waals surface area contributed by atoms with Gasteiger partial charge in [0.1, 0.15) is 5.82 Å². The molecule has 0 aliphatic carbocycles. The number of hydrogen-bond donors (Lipinski definition) is 1. The second-order valence-corrected chi connectivity index (χ2v) is 4.21. The van der Waals surface area contributed by atoms with Crippen LogP contribution in [0.3, 0.4) is 0 Å². The van der Waals surface area contributed by atoms with Gasteiger partial charge in [-0.2, -0.15) is 0 Å². The van der Waals surface area contributed by atoms with Crippen molar-refractivity contribution in [3.63, 3.8) is 0 Å². The molecular formula is C11H13BrClF2NO2. The van der Waals surface area contributed by atoms with Gasteiger partial charge >= 0.3 is 5.97 Å². The van der Waals surface area contributed by atoms with Gasteiger partial charge in [-0.1, -0.05) is 6.07 Å². The fraction of sp³-hybridized carbons (Fsp3) is 0.364. The van der Waals surface area contributed by atoms with Gasteiger partial charge in [-0.05, 0) is 40.5 Å². The van der Waals surface area contributed by atoms with Crippen LogP contribution < -0.4 is 5.73 Å². The summed E-state index contributed by atoms with van der Waals surface area (Å²) in [5.74, 6) is -1.60. The lowest BCUT2D eigenvalue weighted by Crippen LogP contribution is -2.31. The first-order valence-electron chi connectivity index (χ1n) is 4.98. The van der Waals surface area contributed by atoms with Crippen molar-refractivity contribution in [2.75, 3.05) is 6.61 Å². The number of carbonyl (C=O) groups excluding carboxylic acids is 1. The molecule has 1 unspecified atom stereocenters. The van der Waals surface area contributed by atoms with Crippen LogP contribution in [-0.4, -0.2) is 18.7 Å². The van der Waals surface area contributed by atoms with Crippen molar-refractivity contribution in [3.05, 3.63) is 34.1 Å². The molecule has 1 rings (SSSR count). The Morgan fingerprint density at radius 1 is 1.56 bits per heavy atom. The predicted molar refractivity (Wildman–Crippen MR) is 69.8 cm³/mol. The van der Waals surface area contributed by atoms with E-state index in [-0.39, 0.29) is 29.1 Å². The van der Waals surface area contributed by atoms with Gasteiger partial charge in [-0.25, -0.2) is 13.6 Å². The summed E-state index contributed by atoms with van der Waals surface area (Å²) in [7, 11) is 0. The summed E-state index contributed by atoms with van der Waals surface area (Å²) in [4.78, 5) is 11.1. The minimum atomic E-state index is -2.00. The van der Waals surface area contributed by atoms with E-state index >= 15 is 0 Å². The largest absolute Gasteiger partial charge is 0.464 e. The molecule has 0 saturated heterocycles. The third-order valence-electron chi connectivity index (χ3n) is 2.16. The molecule has 0 bridgehead atoms. The lowest BCUT2D eigenvalue weighted by molar-refractivity contribution is -0.149. The minimum absolute atomic E-state index is 0. The number of rotatable bonds is 4. The standard InChI is InChI=1S/C11H12BrF2NO2.ClH/c1-2-17-11(16)9(14)10(15)6-3-4-7(12)8(13)5-6;/h3-5,9-10H,2,15H2,1H3;1H/t9?,10-;/m0./s1. The van der Waals surface area contributed by atoms with E-state index in [1.165, 1.54) is 12.1 Å². The Morgan fingerprint density at radius 2 is 2.17 bits per heavy atom. The Kier molecular flexibility index (Phi) is 7.35. The van der Waals surface area contributed by atoms with Gasteiger partial charge < -0.3 is 10.5 Å². The highest BCUT2D eigenvalue weighted by Crippen LogP contribution is 2.23. The fourth-order valence-electron chi connectivity index (χ4n) is 1.26. The van der Waals surface area contributed by atoms with Crippen molar-refractivity contribution in [2.45, 2.75) is 19.1 Å². The summed E-state index contributed by atoms with van der Waals surface area (Å²) in [6.45, 7) is 1.64. The summed E-state index contributed by atoms with van der Waals surface area (Å²) in [6.07, 6.45) is -2.00. The van der Waals surface area contributed by atoms with Crippen LogP contribution in [0.1, 0.15) is 18.5 Å². The van der Waals surface area contributed by atoms with Crippen LogP contribution in [0.25, 0.3) is 0 Å². The van der Waals surface area contributed by atoms with E-state index in [1.807, 2.05) is 0 Å². The molecule has 2 N–H and O–H groups in total. The molecule has 18 heavy (non-hydrogen) atoms. The van der Waals surface area contributed by atoms with E-state index in [9.17, 15) is 13.6 Å². The van der Waals surface area contributed by atoms with Gasteiger partial charge in [0, 0.05) is 0 Å². The molecule has 3 nitrogen and oxygen atoms in total. The van der Waals surface area contributed by atoms with Crippen molar-refractivity contribution >= 4 is 34.3 Å². The molecule has 0 spiro atoms. The van der Waals surface area contributed by atoms with E-state index in [0.29, 0.717) is 0 Å². The van der Waals surface area contributed by atoms with Crippen molar-refractivity contribution in [3.8, 4) is 0 Å². The molecule has 2 atom stereocenters. The number of alkyl halides is 1. The number of carbonyl (C=O) groups is 1. The van der Waals surface area contributed by atoms with E-state index in [1.54, 1.807) is 6.92 Å². The van der Waals surface area contributed by atoms with Gasteiger partial charge in [0.2, 0.25) is 6.17 Å². The Morgan fingerprint density at radius 3 is 2.67 bits per heavy atom. The molecule has 0 saturated carbocycles. The van der Waals surface area contributed by atoms with E-state index < -0.39 is 24.0 Å². The SMILES string of the molecule is CCOC(=O)C(F)[C@@H](N)c1ccc(Br)c(F)c1.Cl. The first-order chi connectivity index (χ1) is 7.97. The highest BCUT2D eigenvalue weighted by atomic mass is 79.9. The zero-order valence-corrected chi connectivity index (χ0v) is 11.9. The van der Waals surface area contributed by atoms with Gasteiger partial charge in [-0.15, -0.1) is 12.4 Å². The van der Waals surface area contributed by atoms with Crippen molar-refractivity contribution < 1.29 is 18.3 Å². The van der Waals surface area contributed by atoms with Crippen molar-refractivity contribution in [1.29, 1.82) is 0 Å². The Bertz CT molecular complexity index is 420. The smallest absolute Gasteiger partial charge is 0.342 e. The number of benzene rings is 1. The maximum atomic E-state index is 13.6. The van der Waals surface area contributed by atoms with Crippen LogP contribution in [0.5, 0.6) is 0 Å². The average Bonchev–Trinajstić information content (AvgIpc) is 2.31. The van der Waals surface area contributed by atoms with Crippen LogP contribution in [0, 0.1) is 5.82 Å². The quantitative estimate of drug-likeness (QED) is 0.855. The third kappa shape index (κ3) is 4.19. The summed E-state index contributed by atoms with van der Waals surface area (Å²) in [6, 6.07) is 2.70. The maximum absolute atomic E-state index is 13.6. The zero-order chi connectivity index (χ0) is 13.0. The molecule has 0 aliphatic rings. The molecule has 102 valence electrons. The lowest BCUT2D eigenvalue weighted by Gasteiger charge is -2.16. The molecule has 0 radical (unpaired) electrons. The first kappa shape index (κ1) is 17.3. The van der Waals surface area contributed by atoms with Crippen LogP contribution in [0.15, 0.2) is 22.7 Å². The lowest BCUT2D eigenvalue weighted by atomic mass is 10.0. The second-order valence-electron chi connectivity index (χ2n) is 3.35. The van der Waals surface area contributed by atoms with Crippen molar-refractivity contribution in [2.24, 2.45) is 5.73 Å². The number of nitrogens with two attached hydrogens (primary N) is 1. The normalized spacial score (nSPS) is 13.4. The second kappa shape index (κ2) is 7.66. The highest BCUT2D eigenvalue weighted by Gasteiger charge is 2.28. The average molecular weight is 345 g/mol. The van der Waals surface area contributed by atoms with Crippen LogP contribution in [0.4, 0.5) is 8.78 Å². The van der Waals surface area contributed by atoms with Crippen LogP contribution in [0.2, 0.25) is 0 Å². The Balaban J connectivity index is 0.00000289. The molecule has 0 aliphatic heterocycles. The molecule has 7 heteroatoms. The molecule has 0 heterocycles. The minimum Gasteiger partial charge on any atom is -0.464 e. The monoisotopic (exact) mass is 343 g/mol. The summed E-state index contributed by atoms with van der Waals surface area (Å²) >= 11 is 2.97. The fourth-order valence-corrected chi connectivity index (χ4v) is 1.50. The molecule has 0 fully saturated rings. The Labute approximate surface area is 118 Å². The molecule has 0 aromatic heterocycles. The summed E-state index contributed by atoms with van der Waals surface area (Å²) in [5, 5.41) is 0. The highest BCUT2D eigenvalue weighted by molar-refractivity contribution is 9.10. The van der Waals surface area contributed by atoms with E-state index in [2.05, 4.69) is 20.7 Å². The van der Waals surface area contributed by atoms with E-state index in [4.69, 9.17) is 5.73 Å². The summed E-state index contributed by atoms with van der Waals surface area (Å²) in [5.41, 5.74) is 5.73. The van der Waals surface area contributed by atoms with Crippen molar-refractivity contribution in [1.82, 2.24) is 0 Å². The zero-order valence-electron chi connectivity index (χ0n) is 9.53. The first-order valence-corrected chi connectivity index (χ1v) is 5.78. The van der Waals surface area contributed by atoms with Gasteiger partial charge in [0.05, 0.1) is 17.1 Å². The number of halogens is 4. The molecule has 0 amide bonds. The van der Waals surface area contributed by atoms with Crippen LogP contribution >= 0.6 is 28.3 Å². The van der Waals surface area contributed by atoms with E-state index in [0.717, 1.165) is 6.07 Å². The molecule has 1 aromatic carbocycles. The number of ether oxygens (including phenoxy) is 1. The number of hydrogen-bond acceptors (Lipinski definition) is 3. The molecule has 1 aromatic rings. The maximum Gasteiger partial charge on any atom is 0.342 e. The summed E-state index contributed by atoms with van der Waals surface area (Å²) < 4.78 is 31.5. The molecular weight excluding hydrogens is 331 g/mol.